The first-order valence-corrected chi connectivity index (χ1v) is 35.1. The van der Waals surface area contributed by atoms with Gasteiger partial charge in [-0.1, -0.05) is 96.8 Å². The Morgan fingerprint density at radius 1 is 0.207 bits per heavy atom. The molecule has 552 valence electrons. The second-order valence-electron chi connectivity index (χ2n) is 21.0. The molecule has 0 heterocycles. The van der Waals surface area contributed by atoms with Gasteiger partial charge in [-0.15, -0.1) is 0 Å². The van der Waals surface area contributed by atoms with Gasteiger partial charge in [0.05, 0.1) is 310 Å². The van der Waals surface area contributed by atoms with Crippen LogP contribution in [0.5, 0.6) is 0 Å². The molecule has 4 N–H and O–H groups in total. The number of unbranched alkanes of at least 4 members (excludes halogenated alkanes) is 14. The van der Waals surface area contributed by atoms with E-state index in [4.69, 9.17) is 109 Å². The van der Waals surface area contributed by atoms with Crippen molar-refractivity contribution in [3.8, 4) is 0 Å². The molecule has 0 aromatic carbocycles. The van der Waals surface area contributed by atoms with Crippen molar-refractivity contribution in [1.82, 2.24) is 5.32 Å². The molecule has 26 heteroatoms. The fraction of sp³-hybridized carbons (Fsp3) is 0.985. The van der Waals surface area contributed by atoms with E-state index in [1.54, 1.807) is 0 Å². The van der Waals surface area contributed by atoms with Crippen LogP contribution in [0.25, 0.3) is 0 Å². The molecule has 1 amide bonds. The molecule has 0 unspecified atom stereocenters. The van der Waals surface area contributed by atoms with Gasteiger partial charge in [0.1, 0.15) is 0 Å². The van der Waals surface area contributed by atoms with Crippen molar-refractivity contribution in [2.75, 3.05) is 317 Å². The smallest absolute Gasteiger partial charge is 0.220 e. The molecule has 0 saturated heterocycles. The summed E-state index contributed by atoms with van der Waals surface area (Å²) < 4.78 is 127. The highest BCUT2D eigenvalue weighted by Crippen LogP contribution is 2.14. The first-order chi connectivity index (χ1) is 45.8. The Bertz CT molecular complexity index is 1320. The van der Waals surface area contributed by atoms with Crippen LogP contribution in [0.1, 0.15) is 110 Å². The molecule has 0 aromatic rings. The molecule has 0 aliphatic heterocycles. The van der Waals surface area contributed by atoms with Crippen LogP contribution in [0, 0.1) is 0 Å². The minimum atomic E-state index is 0.114. The van der Waals surface area contributed by atoms with Gasteiger partial charge in [0.2, 0.25) is 5.91 Å². The van der Waals surface area contributed by atoms with Crippen LogP contribution in [-0.2, 0) is 114 Å². The monoisotopic (exact) mass is 1340 g/mol. The third-order valence-electron chi connectivity index (χ3n) is 13.0. The lowest BCUT2D eigenvalue weighted by Gasteiger charge is -2.09. The third-order valence-corrected chi connectivity index (χ3v) is 13.0. The van der Waals surface area contributed by atoms with Crippen molar-refractivity contribution >= 4 is 5.91 Å². The molecular formula is C66H135N2O24+. The summed E-state index contributed by atoms with van der Waals surface area (Å²) in [6.07, 6.45) is 20.5. The normalized spacial score (nSPS) is 11.7. The van der Waals surface area contributed by atoms with Crippen LogP contribution in [0.2, 0.25) is 0 Å². The molecule has 0 atom stereocenters. The number of nitrogens with one attached hydrogen (secondary N) is 1. The van der Waals surface area contributed by atoms with E-state index in [9.17, 15) is 4.79 Å². The first-order valence-electron chi connectivity index (χ1n) is 35.1. The lowest BCUT2D eigenvalue weighted by atomic mass is 10.0. The van der Waals surface area contributed by atoms with Crippen molar-refractivity contribution in [1.29, 1.82) is 0 Å². The van der Waals surface area contributed by atoms with Crippen molar-refractivity contribution in [3.05, 3.63) is 0 Å². The van der Waals surface area contributed by atoms with Gasteiger partial charge in [-0.25, -0.2) is 0 Å². The van der Waals surface area contributed by atoms with Crippen LogP contribution < -0.4 is 11.1 Å². The standard InChI is InChI=1S/C66H134N2O24/c1-2-3-4-5-6-7-8-9-10-11-12-13-14-15-16-17-66(69)68-19-21-71-23-25-73-27-29-75-31-33-77-35-37-79-39-41-81-43-45-83-47-49-85-51-53-87-55-57-89-59-61-91-63-65-92-64-62-90-60-58-88-56-54-86-52-50-84-48-46-82-44-42-80-40-38-78-36-34-76-32-30-74-28-26-72-24-22-70-20-18-67/h2-65,67H2,1H3,(H,68,69)/p+1. The quantitative estimate of drug-likeness (QED) is 0.0760. The van der Waals surface area contributed by atoms with E-state index >= 15 is 0 Å². The van der Waals surface area contributed by atoms with Gasteiger partial charge < -0.3 is 120 Å². The van der Waals surface area contributed by atoms with Gasteiger partial charge in [-0.3, -0.25) is 4.79 Å². The summed E-state index contributed by atoms with van der Waals surface area (Å²) in [6.45, 7) is 26.6. The fourth-order valence-electron chi connectivity index (χ4n) is 8.05. The predicted octanol–water partition coefficient (Wildman–Crippen LogP) is 4.99. The second-order valence-corrected chi connectivity index (χ2v) is 21.0. The third kappa shape index (κ3) is 86.5. The van der Waals surface area contributed by atoms with Crippen molar-refractivity contribution in [2.45, 2.75) is 110 Å². The zero-order valence-corrected chi connectivity index (χ0v) is 57.8. The average Bonchev–Trinajstić information content (AvgIpc) is 3.57. The molecule has 0 aliphatic carbocycles. The number of amides is 1. The highest BCUT2D eigenvalue weighted by Gasteiger charge is 2.04. The largest absolute Gasteiger partial charge is 0.377 e. The Morgan fingerprint density at radius 3 is 0.511 bits per heavy atom. The van der Waals surface area contributed by atoms with Crippen LogP contribution >= 0.6 is 0 Å². The summed E-state index contributed by atoms with van der Waals surface area (Å²) in [5, 5.41) is 2.95. The molecule has 0 saturated carbocycles. The summed E-state index contributed by atoms with van der Waals surface area (Å²) in [5.74, 6) is 0.114. The lowest BCUT2D eigenvalue weighted by molar-refractivity contribution is -0.374. The molecule has 0 spiro atoms. The number of hydrogen-bond acceptors (Lipinski definition) is 24. The van der Waals surface area contributed by atoms with Crippen LogP contribution in [0.3, 0.4) is 0 Å². The number of hydrogen-bond donors (Lipinski definition) is 2. The summed E-state index contributed by atoms with van der Waals surface area (Å²) in [6, 6.07) is 0. The Balaban J connectivity index is 3.11. The number of carbonyl (C=O) groups is 1. The number of ether oxygens (including phenoxy) is 23. The van der Waals surface area contributed by atoms with Gasteiger partial charge >= 0.3 is 0 Å². The van der Waals surface area contributed by atoms with E-state index in [2.05, 4.69) is 18.0 Å². The van der Waals surface area contributed by atoms with Gasteiger partial charge in [0.25, 0.3) is 0 Å². The second kappa shape index (κ2) is 87.5. The Labute approximate surface area is 555 Å². The summed E-state index contributed by atoms with van der Waals surface area (Å²) >= 11 is 0. The molecular weight excluding hydrogens is 1200 g/mol. The zero-order valence-electron chi connectivity index (χ0n) is 57.8. The minimum Gasteiger partial charge on any atom is -0.377 e. The average molecular weight is 1340 g/mol. The van der Waals surface area contributed by atoms with Crippen molar-refractivity contribution in [2.24, 2.45) is 0 Å². The van der Waals surface area contributed by atoms with Crippen LogP contribution in [-0.4, -0.2) is 323 Å². The number of carbonyl (C=O) groups excluding carboxylic acids is 1. The molecule has 0 aromatic heterocycles. The fourth-order valence-corrected chi connectivity index (χ4v) is 8.05. The maximum Gasteiger partial charge on any atom is 0.220 e. The Hall–Kier alpha value is -1.49. The molecule has 0 aliphatic rings. The Morgan fingerprint density at radius 2 is 0.348 bits per heavy atom. The van der Waals surface area contributed by atoms with E-state index in [1.165, 1.54) is 83.5 Å². The van der Waals surface area contributed by atoms with E-state index in [1.807, 2.05) is 0 Å². The van der Waals surface area contributed by atoms with Gasteiger partial charge in [0, 0.05) is 13.0 Å². The lowest BCUT2D eigenvalue weighted by Crippen LogP contribution is -2.52. The first kappa shape index (κ1) is 90.5. The minimum absolute atomic E-state index is 0.114. The Kier molecular flexibility index (Phi) is 86.1. The maximum absolute atomic E-state index is 12.1. The summed E-state index contributed by atoms with van der Waals surface area (Å²) in [5.41, 5.74) is 3.72. The van der Waals surface area contributed by atoms with Crippen molar-refractivity contribution < 1.29 is 119 Å². The molecule has 0 bridgehead atoms. The van der Waals surface area contributed by atoms with Crippen LogP contribution in [0.4, 0.5) is 0 Å². The zero-order chi connectivity index (χ0) is 65.8. The number of rotatable bonds is 87. The molecule has 0 radical (unpaired) electrons. The van der Waals surface area contributed by atoms with E-state index < -0.39 is 0 Å². The molecule has 0 fully saturated rings. The van der Waals surface area contributed by atoms with E-state index in [0.29, 0.717) is 317 Å². The molecule has 92 heavy (non-hydrogen) atoms. The summed E-state index contributed by atoms with van der Waals surface area (Å²) in [7, 11) is 0. The molecule has 0 rings (SSSR count). The van der Waals surface area contributed by atoms with Crippen LogP contribution in [0.15, 0.2) is 0 Å². The van der Waals surface area contributed by atoms with E-state index in [-0.39, 0.29) is 5.91 Å². The SMILES string of the molecule is CCCCCCCCCCCCCCCCCC(=O)NCCOCCOCCOCCOCCOCCOCCOCCOCCOCCOCCOCCOCCOCCOCCOCCOCCOCCOCCOCCOCCOCCOCCOCC[NH3+]. The van der Waals surface area contributed by atoms with Gasteiger partial charge in [0.15, 0.2) is 0 Å². The summed E-state index contributed by atoms with van der Waals surface area (Å²) in [4.78, 5) is 12.1. The maximum atomic E-state index is 12.1. The van der Waals surface area contributed by atoms with Crippen molar-refractivity contribution in [3.63, 3.8) is 0 Å². The topological polar surface area (TPSA) is 269 Å². The predicted molar refractivity (Wildman–Crippen MR) is 349 cm³/mol. The highest BCUT2D eigenvalue weighted by atomic mass is 16.6. The highest BCUT2D eigenvalue weighted by molar-refractivity contribution is 5.75. The molecule has 26 nitrogen and oxygen atoms in total. The van der Waals surface area contributed by atoms with Gasteiger partial charge in [-0.2, -0.15) is 0 Å². The number of quaternary nitrogens is 1. The van der Waals surface area contributed by atoms with E-state index in [0.717, 1.165) is 19.4 Å². The van der Waals surface area contributed by atoms with Gasteiger partial charge in [-0.05, 0) is 6.42 Å².